The van der Waals surface area contributed by atoms with Crippen molar-refractivity contribution >= 4 is 22.2 Å². The number of nitrogens with one attached hydrogen (secondary N) is 1. The third-order valence-electron chi connectivity index (χ3n) is 5.35. The average molecular weight is 451 g/mol. The Balaban J connectivity index is 1.57. The molecule has 0 amide bonds. The number of nitrogens with zero attached hydrogens (tertiary/aromatic N) is 1. The number of aryl methyl sites for hydroxylation is 2. The van der Waals surface area contributed by atoms with Gasteiger partial charge in [0.05, 0.1) is 23.2 Å². The Kier molecular flexibility index (Phi) is 6.58. The van der Waals surface area contributed by atoms with Gasteiger partial charge >= 0.3 is 0 Å². The number of rotatable bonds is 7. The summed E-state index contributed by atoms with van der Waals surface area (Å²) in [6, 6.07) is 7.88. The molecule has 0 spiro atoms. The summed E-state index contributed by atoms with van der Waals surface area (Å²) in [5.41, 5.74) is 2.43. The summed E-state index contributed by atoms with van der Waals surface area (Å²) in [5.74, 6) is 0.365. The maximum Gasteiger partial charge on any atom is 0.188 e. The van der Waals surface area contributed by atoms with Crippen LogP contribution in [0, 0.1) is 6.92 Å². The highest BCUT2D eigenvalue weighted by Gasteiger charge is 2.45. The van der Waals surface area contributed by atoms with Crippen molar-refractivity contribution in [3.8, 4) is 5.75 Å². The number of ether oxygens (including phenoxy) is 1. The molecule has 1 saturated heterocycles. The SMILES string of the molecule is CCc1ccc(Cc2[nH]nc3cc(C)cc(OO[C@@H]4[C@@H](O)[C@H](O)[C@@H](CO)O[C@H]4O)c23)s1. The van der Waals surface area contributed by atoms with Crippen molar-refractivity contribution in [1.29, 1.82) is 0 Å². The third-order valence-corrected chi connectivity index (χ3v) is 6.58. The predicted molar refractivity (Wildman–Crippen MR) is 113 cm³/mol. The molecule has 9 nitrogen and oxygen atoms in total. The molecule has 0 aliphatic carbocycles. The number of hydrogen-bond acceptors (Lipinski definition) is 9. The number of hydrogen-bond donors (Lipinski definition) is 5. The molecule has 3 heterocycles. The Labute approximate surface area is 182 Å². The second-order valence-corrected chi connectivity index (χ2v) is 8.88. The molecule has 10 heteroatoms. The molecule has 0 unspecified atom stereocenters. The molecule has 168 valence electrons. The molecule has 0 radical (unpaired) electrons. The summed E-state index contributed by atoms with van der Waals surface area (Å²) in [7, 11) is 0. The van der Waals surface area contributed by atoms with E-state index in [1.807, 2.05) is 13.0 Å². The van der Waals surface area contributed by atoms with E-state index in [2.05, 4.69) is 29.3 Å². The zero-order valence-corrected chi connectivity index (χ0v) is 18.0. The first-order valence-electron chi connectivity index (χ1n) is 10.1. The van der Waals surface area contributed by atoms with Gasteiger partial charge in [-0.2, -0.15) is 9.99 Å². The molecule has 0 saturated carbocycles. The van der Waals surface area contributed by atoms with Crippen LogP contribution in [0.1, 0.15) is 27.9 Å². The van der Waals surface area contributed by atoms with Crippen molar-refractivity contribution in [2.45, 2.75) is 57.4 Å². The summed E-state index contributed by atoms with van der Waals surface area (Å²) in [5, 5.41) is 47.8. The van der Waals surface area contributed by atoms with Crippen LogP contribution >= 0.6 is 11.3 Å². The number of aliphatic hydroxyl groups excluding tert-OH is 4. The Morgan fingerprint density at radius 1 is 1.16 bits per heavy atom. The van der Waals surface area contributed by atoms with E-state index in [0.29, 0.717) is 17.7 Å². The molecule has 1 aromatic carbocycles. The molecule has 5 atom stereocenters. The minimum atomic E-state index is -1.58. The zero-order chi connectivity index (χ0) is 22.1. The quantitative estimate of drug-likeness (QED) is 0.267. The van der Waals surface area contributed by atoms with Crippen LogP contribution in [0.25, 0.3) is 10.9 Å². The van der Waals surface area contributed by atoms with Crippen LogP contribution in [0.4, 0.5) is 0 Å². The predicted octanol–water partition coefficient (Wildman–Crippen LogP) is 1.20. The van der Waals surface area contributed by atoms with Crippen molar-refractivity contribution < 1.29 is 34.9 Å². The van der Waals surface area contributed by atoms with Gasteiger partial charge in [-0.3, -0.25) is 5.10 Å². The minimum absolute atomic E-state index is 0.365. The van der Waals surface area contributed by atoms with Crippen molar-refractivity contribution in [2.75, 3.05) is 6.61 Å². The highest BCUT2D eigenvalue weighted by Crippen LogP contribution is 2.33. The van der Waals surface area contributed by atoms with E-state index >= 15 is 0 Å². The second kappa shape index (κ2) is 9.21. The number of H-pyrrole nitrogens is 1. The molecule has 4 rings (SSSR count). The van der Waals surface area contributed by atoms with Gasteiger partial charge in [-0.25, -0.2) is 0 Å². The standard InChI is InChI=1S/C21H26N2O7S/c1-3-11-4-5-12(31-11)8-14-17-13(22-23-14)6-10(2)7-15(17)29-30-20-19(26)18(25)16(9-24)28-21(20)27/h4-7,16,18-21,24-27H,3,8-9H2,1-2H3,(H,22,23)/t16-,18-,19+,20-,21-/m1/s1. The fourth-order valence-electron chi connectivity index (χ4n) is 3.67. The average Bonchev–Trinajstić information content (AvgIpc) is 3.37. The molecular formula is C21H26N2O7S. The fraction of sp³-hybridized carbons (Fsp3) is 0.476. The molecule has 0 bridgehead atoms. The molecule has 5 N–H and O–H groups in total. The van der Waals surface area contributed by atoms with Gasteiger partial charge in [0.1, 0.15) is 18.3 Å². The fourth-order valence-corrected chi connectivity index (χ4v) is 4.64. The molecule has 2 aromatic heterocycles. The van der Waals surface area contributed by atoms with Crippen molar-refractivity contribution in [3.05, 3.63) is 45.3 Å². The molecule has 1 aliphatic heterocycles. The first-order chi connectivity index (χ1) is 14.9. The lowest BCUT2D eigenvalue weighted by Crippen LogP contribution is -2.59. The van der Waals surface area contributed by atoms with Gasteiger partial charge in [0.2, 0.25) is 0 Å². The Morgan fingerprint density at radius 3 is 2.65 bits per heavy atom. The zero-order valence-electron chi connectivity index (χ0n) is 17.2. The van der Waals surface area contributed by atoms with Crippen LogP contribution < -0.4 is 4.89 Å². The maximum atomic E-state index is 10.3. The number of aromatic nitrogens is 2. The van der Waals surface area contributed by atoms with Gasteiger partial charge in [-0.05, 0) is 43.2 Å². The smallest absolute Gasteiger partial charge is 0.188 e. The largest absolute Gasteiger partial charge is 0.394 e. The van der Waals surface area contributed by atoms with Crippen LogP contribution in [0.5, 0.6) is 5.75 Å². The van der Waals surface area contributed by atoms with Gasteiger partial charge in [-0.1, -0.05) is 6.92 Å². The first-order valence-corrected chi connectivity index (χ1v) is 10.9. The second-order valence-electron chi connectivity index (χ2n) is 7.63. The van der Waals surface area contributed by atoms with E-state index in [1.54, 1.807) is 17.4 Å². The van der Waals surface area contributed by atoms with Gasteiger partial charge in [0, 0.05) is 16.2 Å². The van der Waals surface area contributed by atoms with E-state index in [0.717, 1.165) is 23.1 Å². The summed E-state index contributed by atoms with van der Waals surface area (Å²) in [6.45, 7) is 3.45. The Hall–Kier alpha value is -2.05. The van der Waals surface area contributed by atoms with E-state index in [4.69, 9.17) is 14.5 Å². The molecular weight excluding hydrogens is 424 g/mol. The monoisotopic (exact) mass is 450 g/mol. The van der Waals surface area contributed by atoms with E-state index in [9.17, 15) is 20.4 Å². The Bertz CT molecular complexity index is 1040. The molecule has 1 aliphatic rings. The summed E-state index contributed by atoms with van der Waals surface area (Å²) < 4.78 is 5.10. The first kappa shape index (κ1) is 22.2. The summed E-state index contributed by atoms with van der Waals surface area (Å²) in [6.07, 6.45) is -5.40. The lowest BCUT2D eigenvalue weighted by Gasteiger charge is -2.38. The molecule has 1 fully saturated rings. The summed E-state index contributed by atoms with van der Waals surface area (Å²) in [4.78, 5) is 13.3. The Morgan fingerprint density at radius 2 is 1.94 bits per heavy atom. The highest BCUT2D eigenvalue weighted by atomic mass is 32.1. The number of benzene rings is 1. The minimum Gasteiger partial charge on any atom is -0.394 e. The van der Waals surface area contributed by atoms with Crippen LogP contribution in [0.15, 0.2) is 24.3 Å². The number of fused-ring (bicyclic) bond motifs is 1. The number of aliphatic hydroxyl groups is 4. The van der Waals surface area contributed by atoms with Gasteiger partial charge < -0.3 is 30.1 Å². The van der Waals surface area contributed by atoms with E-state index < -0.39 is 37.3 Å². The third kappa shape index (κ3) is 4.46. The molecule has 31 heavy (non-hydrogen) atoms. The number of aromatic amines is 1. The lowest BCUT2D eigenvalue weighted by molar-refractivity contribution is -0.364. The van der Waals surface area contributed by atoms with E-state index in [-0.39, 0.29) is 0 Å². The normalized spacial score (nSPS) is 26.5. The van der Waals surface area contributed by atoms with Crippen molar-refractivity contribution in [3.63, 3.8) is 0 Å². The lowest BCUT2D eigenvalue weighted by atomic mass is 9.99. The van der Waals surface area contributed by atoms with Crippen LogP contribution in [0.2, 0.25) is 0 Å². The van der Waals surface area contributed by atoms with Crippen molar-refractivity contribution in [2.24, 2.45) is 0 Å². The van der Waals surface area contributed by atoms with Crippen LogP contribution in [-0.2, 0) is 22.5 Å². The van der Waals surface area contributed by atoms with E-state index in [1.165, 1.54) is 9.75 Å². The maximum absolute atomic E-state index is 10.3. The number of thiophene rings is 1. The molecule has 3 aromatic rings. The van der Waals surface area contributed by atoms with Gasteiger partial charge in [0.15, 0.2) is 18.1 Å². The summed E-state index contributed by atoms with van der Waals surface area (Å²) >= 11 is 1.74. The topological polar surface area (TPSA) is 137 Å². The van der Waals surface area contributed by atoms with Gasteiger partial charge in [0.25, 0.3) is 0 Å². The van der Waals surface area contributed by atoms with Crippen molar-refractivity contribution in [1.82, 2.24) is 10.2 Å². The highest BCUT2D eigenvalue weighted by molar-refractivity contribution is 7.12. The van der Waals surface area contributed by atoms with Crippen LogP contribution in [-0.4, -0.2) is 67.9 Å². The van der Waals surface area contributed by atoms with Gasteiger partial charge in [-0.15, -0.1) is 11.3 Å². The van der Waals surface area contributed by atoms with Crippen LogP contribution in [0.3, 0.4) is 0 Å².